The first-order chi connectivity index (χ1) is 9.68. The van der Waals surface area contributed by atoms with Crippen LogP contribution in [0.2, 0.25) is 0 Å². The number of piperidine rings is 1. The van der Waals surface area contributed by atoms with Gasteiger partial charge in [-0.05, 0) is 25.0 Å². The Morgan fingerprint density at radius 2 is 1.80 bits per heavy atom. The maximum absolute atomic E-state index is 12.5. The summed E-state index contributed by atoms with van der Waals surface area (Å²) in [7, 11) is -3.34. The topological polar surface area (TPSA) is 50.3 Å². The van der Waals surface area contributed by atoms with Crippen LogP contribution in [0.25, 0.3) is 11.3 Å². The molecular weight excluding hydrogens is 292 g/mol. The molecule has 1 aromatic heterocycles. The molecule has 2 aromatic rings. The third-order valence-electron chi connectivity index (χ3n) is 3.49. The van der Waals surface area contributed by atoms with Crippen molar-refractivity contribution >= 4 is 21.4 Å². The second kappa shape index (κ2) is 5.63. The quantitative estimate of drug-likeness (QED) is 0.876. The molecule has 0 unspecified atom stereocenters. The lowest BCUT2D eigenvalue weighted by Gasteiger charge is -2.25. The highest BCUT2D eigenvalue weighted by atomic mass is 32.2. The second-order valence-electron chi connectivity index (χ2n) is 4.81. The highest BCUT2D eigenvalue weighted by Crippen LogP contribution is 2.24. The Morgan fingerprint density at radius 3 is 2.40 bits per heavy atom. The van der Waals surface area contributed by atoms with Crippen LogP contribution in [0.15, 0.2) is 34.5 Å². The van der Waals surface area contributed by atoms with Gasteiger partial charge in [-0.1, -0.05) is 18.6 Å². The fourth-order valence-corrected chi connectivity index (χ4v) is 4.39. The first-order valence-corrected chi connectivity index (χ1v) is 8.92. The minimum atomic E-state index is -3.34. The van der Waals surface area contributed by atoms with Gasteiger partial charge in [0.25, 0.3) is 0 Å². The Morgan fingerprint density at radius 1 is 1.10 bits per heavy atom. The smallest absolute Gasteiger partial charge is 0.233 e. The first kappa shape index (κ1) is 13.7. The van der Waals surface area contributed by atoms with E-state index in [0.717, 1.165) is 30.5 Å². The summed E-state index contributed by atoms with van der Waals surface area (Å²) in [5.41, 5.74) is 4.54. The van der Waals surface area contributed by atoms with Crippen molar-refractivity contribution in [1.82, 2.24) is 9.29 Å². The van der Waals surface area contributed by atoms with E-state index < -0.39 is 10.0 Å². The molecule has 0 atom stereocenters. The largest absolute Gasteiger partial charge is 0.243 e. The van der Waals surface area contributed by atoms with E-state index in [4.69, 9.17) is 0 Å². The van der Waals surface area contributed by atoms with Crippen molar-refractivity contribution in [2.24, 2.45) is 0 Å². The summed E-state index contributed by atoms with van der Waals surface area (Å²) in [6, 6.07) is 6.94. The van der Waals surface area contributed by atoms with Crippen LogP contribution in [0.3, 0.4) is 0 Å². The molecule has 0 spiro atoms. The number of rotatable bonds is 3. The standard InChI is InChI=1S/C14H15N2O2S2/c17-20(18,16-8-2-1-3-9-16)13-6-4-12(5-7-13)14-10-19-11-15-14/h4-7,10H,1-3,8-9H2. The SMILES string of the molecule is O=S(=O)(c1ccc(-c2cs[c]n2)cc1)N1CCCCC1. The lowest BCUT2D eigenvalue weighted by Crippen LogP contribution is -2.35. The Bertz CT molecular complexity index is 658. The van der Waals surface area contributed by atoms with Crippen LogP contribution in [0, 0.1) is 5.51 Å². The normalized spacial score (nSPS) is 17.2. The molecule has 1 aromatic carbocycles. The maximum Gasteiger partial charge on any atom is 0.243 e. The van der Waals surface area contributed by atoms with Crippen LogP contribution in [0.4, 0.5) is 0 Å². The third-order valence-corrected chi connectivity index (χ3v) is 5.94. The van der Waals surface area contributed by atoms with Gasteiger partial charge in [-0.3, -0.25) is 0 Å². The maximum atomic E-state index is 12.5. The average molecular weight is 307 g/mol. The van der Waals surface area contributed by atoms with Crippen molar-refractivity contribution in [3.05, 3.63) is 35.2 Å². The number of nitrogens with zero attached hydrogens (tertiary/aromatic N) is 2. The van der Waals surface area contributed by atoms with Crippen molar-refractivity contribution in [2.45, 2.75) is 24.2 Å². The molecule has 6 heteroatoms. The van der Waals surface area contributed by atoms with Gasteiger partial charge in [-0.25, -0.2) is 13.4 Å². The average Bonchev–Trinajstić information content (AvgIpc) is 3.02. The van der Waals surface area contributed by atoms with Crippen LogP contribution in [-0.2, 0) is 10.0 Å². The summed E-state index contributed by atoms with van der Waals surface area (Å²) in [6.07, 6.45) is 3.02. The van der Waals surface area contributed by atoms with Gasteiger partial charge in [0.1, 0.15) is 0 Å². The van der Waals surface area contributed by atoms with Crippen LogP contribution in [0.5, 0.6) is 0 Å². The zero-order valence-corrected chi connectivity index (χ0v) is 12.6. The molecule has 0 N–H and O–H groups in total. The van der Waals surface area contributed by atoms with Crippen molar-refractivity contribution in [2.75, 3.05) is 13.1 Å². The monoisotopic (exact) mass is 307 g/mol. The molecule has 1 aliphatic heterocycles. The molecule has 1 radical (unpaired) electrons. The molecule has 0 bridgehead atoms. The molecule has 3 rings (SSSR count). The molecule has 0 amide bonds. The Hall–Kier alpha value is -1.24. The third kappa shape index (κ3) is 2.63. The van der Waals surface area contributed by atoms with Gasteiger partial charge in [0.15, 0.2) is 5.51 Å². The van der Waals surface area contributed by atoms with Gasteiger partial charge in [0.05, 0.1) is 10.6 Å². The summed E-state index contributed by atoms with van der Waals surface area (Å²) in [5, 5.41) is 1.90. The molecule has 2 heterocycles. The molecule has 1 saturated heterocycles. The molecule has 20 heavy (non-hydrogen) atoms. The fraction of sp³-hybridized carbons (Fsp3) is 0.357. The summed E-state index contributed by atoms with van der Waals surface area (Å²) in [5.74, 6) is 0. The number of hydrogen-bond donors (Lipinski definition) is 0. The number of thiazole rings is 1. The highest BCUT2D eigenvalue weighted by molar-refractivity contribution is 7.89. The minimum Gasteiger partial charge on any atom is -0.233 e. The first-order valence-electron chi connectivity index (χ1n) is 6.60. The van der Waals surface area contributed by atoms with Gasteiger partial charge in [-0.2, -0.15) is 4.31 Å². The fourth-order valence-electron chi connectivity index (χ4n) is 2.37. The molecule has 4 nitrogen and oxygen atoms in total. The zero-order chi connectivity index (χ0) is 14.0. The lowest BCUT2D eigenvalue weighted by molar-refractivity contribution is 0.346. The number of benzene rings is 1. The van der Waals surface area contributed by atoms with Gasteiger partial charge < -0.3 is 0 Å². The van der Waals surface area contributed by atoms with Crippen LogP contribution < -0.4 is 0 Å². The van der Waals surface area contributed by atoms with E-state index in [-0.39, 0.29) is 0 Å². The Kier molecular flexibility index (Phi) is 3.87. The molecule has 0 saturated carbocycles. The van der Waals surface area contributed by atoms with E-state index >= 15 is 0 Å². The predicted molar refractivity (Wildman–Crippen MR) is 79.0 cm³/mol. The van der Waals surface area contributed by atoms with E-state index in [0.29, 0.717) is 18.0 Å². The van der Waals surface area contributed by atoms with Crippen LogP contribution in [0.1, 0.15) is 19.3 Å². The van der Waals surface area contributed by atoms with Crippen LogP contribution in [-0.4, -0.2) is 30.8 Å². The number of sulfonamides is 1. The molecule has 0 aliphatic carbocycles. The lowest BCUT2D eigenvalue weighted by atomic mass is 10.2. The second-order valence-corrected chi connectivity index (χ2v) is 7.41. The Labute approximate surface area is 123 Å². The van der Waals surface area contributed by atoms with E-state index in [1.54, 1.807) is 28.6 Å². The van der Waals surface area contributed by atoms with Gasteiger partial charge in [-0.15, -0.1) is 11.3 Å². The molecule has 105 valence electrons. The number of aromatic nitrogens is 1. The van der Waals surface area contributed by atoms with E-state index in [2.05, 4.69) is 10.5 Å². The summed E-state index contributed by atoms with van der Waals surface area (Å²) in [6.45, 7) is 1.26. The summed E-state index contributed by atoms with van der Waals surface area (Å²) in [4.78, 5) is 4.47. The van der Waals surface area contributed by atoms with Crippen molar-refractivity contribution < 1.29 is 8.42 Å². The molecular formula is C14H15N2O2S2. The van der Waals surface area contributed by atoms with Gasteiger partial charge in [0.2, 0.25) is 10.0 Å². The Balaban J connectivity index is 1.87. The van der Waals surface area contributed by atoms with E-state index in [1.807, 2.05) is 5.38 Å². The summed E-state index contributed by atoms with van der Waals surface area (Å²) >= 11 is 1.40. The van der Waals surface area contributed by atoms with E-state index in [9.17, 15) is 8.42 Å². The molecule has 1 fully saturated rings. The van der Waals surface area contributed by atoms with Gasteiger partial charge >= 0.3 is 0 Å². The van der Waals surface area contributed by atoms with Gasteiger partial charge in [0, 0.05) is 24.0 Å². The van der Waals surface area contributed by atoms with Crippen LogP contribution >= 0.6 is 11.3 Å². The minimum absolute atomic E-state index is 0.363. The summed E-state index contributed by atoms with van der Waals surface area (Å²) < 4.78 is 26.6. The van der Waals surface area contributed by atoms with Crippen molar-refractivity contribution in [1.29, 1.82) is 0 Å². The molecule has 1 aliphatic rings. The predicted octanol–water partition coefficient (Wildman–Crippen LogP) is 2.78. The number of hydrogen-bond acceptors (Lipinski definition) is 4. The highest BCUT2D eigenvalue weighted by Gasteiger charge is 2.25. The zero-order valence-electron chi connectivity index (χ0n) is 10.9. The van der Waals surface area contributed by atoms with E-state index in [1.165, 1.54) is 11.3 Å². The van der Waals surface area contributed by atoms with Crippen molar-refractivity contribution in [3.63, 3.8) is 0 Å². The van der Waals surface area contributed by atoms with Crippen molar-refractivity contribution in [3.8, 4) is 11.3 Å².